The summed E-state index contributed by atoms with van der Waals surface area (Å²) in [6, 6.07) is 6.40. The Balaban J connectivity index is 2.02. The predicted molar refractivity (Wildman–Crippen MR) is 73.4 cm³/mol. The van der Waals surface area contributed by atoms with E-state index in [1.54, 1.807) is 0 Å². The number of aromatic nitrogens is 2. The molecule has 0 aliphatic heterocycles. The lowest BCUT2D eigenvalue weighted by Gasteiger charge is -2.06. The average molecular weight is 312 g/mol. The second-order valence-electron chi connectivity index (χ2n) is 4.79. The van der Waals surface area contributed by atoms with Crippen molar-refractivity contribution < 1.29 is 22.7 Å². The van der Waals surface area contributed by atoms with E-state index >= 15 is 0 Å². The number of carbonyl (C=O) groups is 1. The minimum atomic E-state index is -4.34. The van der Waals surface area contributed by atoms with Crippen molar-refractivity contribution in [3.8, 4) is 0 Å². The van der Waals surface area contributed by atoms with Gasteiger partial charge in [0.15, 0.2) is 5.69 Å². The van der Waals surface area contributed by atoms with E-state index in [0.29, 0.717) is 30.7 Å². The summed E-state index contributed by atoms with van der Waals surface area (Å²) >= 11 is 0. The molecule has 0 fully saturated rings. The van der Waals surface area contributed by atoms with E-state index in [-0.39, 0.29) is 5.69 Å². The van der Waals surface area contributed by atoms with Crippen LogP contribution in [-0.2, 0) is 17.3 Å². The first-order valence-corrected chi connectivity index (χ1v) is 6.77. The fourth-order valence-corrected chi connectivity index (χ4v) is 1.86. The van der Waals surface area contributed by atoms with Gasteiger partial charge in [-0.05, 0) is 30.2 Å². The summed E-state index contributed by atoms with van der Waals surface area (Å²) in [4.78, 5) is 11.6. The number of halogens is 3. The SMILES string of the molecule is CCCOC(=O)c1cc(Cc2ccc(C(F)(F)F)cc2)[nH]n1. The van der Waals surface area contributed by atoms with Crippen molar-refractivity contribution in [2.24, 2.45) is 0 Å². The maximum atomic E-state index is 12.5. The molecule has 0 spiro atoms. The van der Waals surface area contributed by atoms with Crippen LogP contribution in [0.4, 0.5) is 13.2 Å². The fraction of sp³-hybridized carbons (Fsp3) is 0.333. The molecular weight excluding hydrogens is 297 g/mol. The molecule has 0 bridgehead atoms. The molecule has 0 amide bonds. The number of hydrogen-bond acceptors (Lipinski definition) is 3. The number of ether oxygens (including phenoxy) is 1. The maximum Gasteiger partial charge on any atom is 0.416 e. The maximum absolute atomic E-state index is 12.5. The molecule has 22 heavy (non-hydrogen) atoms. The Kier molecular flexibility index (Phi) is 4.85. The van der Waals surface area contributed by atoms with Gasteiger partial charge in [0, 0.05) is 12.1 Å². The molecule has 0 saturated carbocycles. The first-order valence-electron chi connectivity index (χ1n) is 6.77. The summed E-state index contributed by atoms with van der Waals surface area (Å²) in [6.45, 7) is 2.20. The van der Waals surface area contributed by atoms with Crippen molar-refractivity contribution in [2.75, 3.05) is 6.61 Å². The average Bonchev–Trinajstić information content (AvgIpc) is 2.93. The van der Waals surface area contributed by atoms with Gasteiger partial charge in [0.2, 0.25) is 0 Å². The van der Waals surface area contributed by atoms with Crippen LogP contribution in [0.25, 0.3) is 0 Å². The predicted octanol–water partition coefficient (Wildman–Crippen LogP) is 3.59. The molecule has 1 aromatic carbocycles. The number of aromatic amines is 1. The van der Waals surface area contributed by atoms with Crippen molar-refractivity contribution in [1.82, 2.24) is 10.2 Å². The first kappa shape index (κ1) is 16.1. The van der Waals surface area contributed by atoms with E-state index in [1.165, 1.54) is 18.2 Å². The third-order valence-corrected chi connectivity index (χ3v) is 2.95. The summed E-state index contributed by atoms with van der Waals surface area (Å²) in [5, 5.41) is 6.53. The normalized spacial score (nSPS) is 11.5. The summed E-state index contributed by atoms with van der Waals surface area (Å²) in [7, 11) is 0. The third-order valence-electron chi connectivity index (χ3n) is 2.95. The molecule has 7 heteroatoms. The third kappa shape index (κ3) is 4.09. The van der Waals surface area contributed by atoms with E-state index in [0.717, 1.165) is 12.1 Å². The largest absolute Gasteiger partial charge is 0.461 e. The highest BCUT2D eigenvalue weighted by Crippen LogP contribution is 2.29. The topological polar surface area (TPSA) is 55.0 Å². The number of alkyl halides is 3. The summed E-state index contributed by atoms with van der Waals surface area (Å²) in [5.74, 6) is -0.517. The zero-order valence-corrected chi connectivity index (χ0v) is 11.9. The smallest absolute Gasteiger partial charge is 0.416 e. The van der Waals surface area contributed by atoms with E-state index in [1.807, 2.05) is 6.92 Å². The summed E-state index contributed by atoms with van der Waals surface area (Å²) in [5.41, 5.74) is 0.786. The number of H-pyrrole nitrogens is 1. The first-order chi connectivity index (χ1) is 10.4. The van der Waals surface area contributed by atoms with Crippen LogP contribution in [0.3, 0.4) is 0 Å². The molecule has 0 unspecified atom stereocenters. The lowest BCUT2D eigenvalue weighted by molar-refractivity contribution is -0.137. The highest BCUT2D eigenvalue weighted by atomic mass is 19.4. The molecule has 0 aliphatic rings. The Bertz CT molecular complexity index is 633. The zero-order valence-electron chi connectivity index (χ0n) is 11.9. The van der Waals surface area contributed by atoms with Crippen LogP contribution < -0.4 is 0 Å². The van der Waals surface area contributed by atoms with Gasteiger partial charge < -0.3 is 4.74 Å². The van der Waals surface area contributed by atoms with Crippen LogP contribution >= 0.6 is 0 Å². The van der Waals surface area contributed by atoms with Gasteiger partial charge in [-0.25, -0.2) is 4.79 Å². The number of hydrogen-bond donors (Lipinski definition) is 1. The van der Waals surface area contributed by atoms with Gasteiger partial charge in [-0.1, -0.05) is 19.1 Å². The molecule has 0 radical (unpaired) electrons. The highest BCUT2D eigenvalue weighted by Gasteiger charge is 2.29. The number of nitrogens with zero attached hydrogens (tertiary/aromatic N) is 1. The van der Waals surface area contributed by atoms with Crippen LogP contribution in [0.15, 0.2) is 30.3 Å². The molecular formula is C15H15F3N2O2. The van der Waals surface area contributed by atoms with Crippen molar-refractivity contribution in [2.45, 2.75) is 25.9 Å². The molecule has 0 atom stereocenters. The molecule has 2 rings (SSSR count). The van der Waals surface area contributed by atoms with Crippen molar-refractivity contribution >= 4 is 5.97 Å². The van der Waals surface area contributed by atoms with Gasteiger partial charge in [0.05, 0.1) is 12.2 Å². The molecule has 118 valence electrons. The Morgan fingerprint density at radius 3 is 2.55 bits per heavy atom. The van der Waals surface area contributed by atoms with Crippen molar-refractivity contribution in [3.63, 3.8) is 0 Å². The van der Waals surface area contributed by atoms with Gasteiger partial charge in [-0.15, -0.1) is 0 Å². The second-order valence-corrected chi connectivity index (χ2v) is 4.79. The number of carbonyl (C=O) groups excluding carboxylic acids is 1. The van der Waals surface area contributed by atoms with E-state index < -0.39 is 17.7 Å². The van der Waals surface area contributed by atoms with Gasteiger partial charge >= 0.3 is 12.1 Å². The highest BCUT2D eigenvalue weighted by molar-refractivity contribution is 5.87. The minimum absolute atomic E-state index is 0.162. The molecule has 2 aromatic rings. The minimum Gasteiger partial charge on any atom is -0.461 e. The quantitative estimate of drug-likeness (QED) is 0.859. The van der Waals surface area contributed by atoms with Crippen LogP contribution in [0, 0.1) is 0 Å². The lowest BCUT2D eigenvalue weighted by Crippen LogP contribution is -2.06. The molecule has 0 saturated heterocycles. The standard InChI is InChI=1S/C15H15F3N2O2/c1-2-7-22-14(21)13-9-12(19-20-13)8-10-3-5-11(6-4-10)15(16,17)18/h3-6,9H,2,7-8H2,1H3,(H,19,20). The van der Waals surface area contributed by atoms with E-state index in [9.17, 15) is 18.0 Å². The Labute approximate surface area is 125 Å². The van der Waals surface area contributed by atoms with Gasteiger partial charge in [0.1, 0.15) is 0 Å². The van der Waals surface area contributed by atoms with Gasteiger partial charge in [0.25, 0.3) is 0 Å². The lowest BCUT2D eigenvalue weighted by atomic mass is 10.1. The van der Waals surface area contributed by atoms with Crippen LogP contribution in [0.2, 0.25) is 0 Å². The summed E-state index contributed by atoms with van der Waals surface area (Å²) < 4.78 is 42.4. The molecule has 0 aliphatic carbocycles. The number of rotatable bonds is 5. The number of nitrogens with one attached hydrogen (secondary N) is 1. The second kappa shape index (κ2) is 6.64. The van der Waals surface area contributed by atoms with Gasteiger partial charge in [-0.2, -0.15) is 18.3 Å². The van der Waals surface area contributed by atoms with Crippen molar-refractivity contribution in [1.29, 1.82) is 0 Å². The molecule has 1 N–H and O–H groups in total. The van der Waals surface area contributed by atoms with Crippen LogP contribution in [0.5, 0.6) is 0 Å². The Hall–Kier alpha value is -2.31. The monoisotopic (exact) mass is 312 g/mol. The summed E-state index contributed by atoms with van der Waals surface area (Å²) in [6.07, 6.45) is -3.27. The molecule has 1 aromatic heterocycles. The molecule has 1 heterocycles. The van der Waals surface area contributed by atoms with Crippen LogP contribution in [-0.4, -0.2) is 22.8 Å². The van der Waals surface area contributed by atoms with Crippen LogP contribution in [0.1, 0.15) is 40.7 Å². The Morgan fingerprint density at radius 1 is 1.27 bits per heavy atom. The Morgan fingerprint density at radius 2 is 1.95 bits per heavy atom. The van der Waals surface area contributed by atoms with E-state index in [2.05, 4.69) is 10.2 Å². The number of esters is 1. The zero-order chi connectivity index (χ0) is 16.2. The number of benzene rings is 1. The van der Waals surface area contributed by atoms with Crippen molar-refractivity contribution in [3.05, 3.63) is 52.8 Å². The van der Waals surface area contributed by atoms with Gasteiger partial charge in [-0.3, -0.25) is 5.10 Å². The van der Waals surface area contributed by atoms with E-state index in [4.69, 9.17) is 4.74 Å². The molecule has 4 nitrogen and oxygen atoms in total. The fourth-order valence-electron chi connectivity index (χ4n) is 1.86.